The minimum Gasteiger partial charge on any atom is -0.462 e. The molecular weight excluding hydrogens is 319 g/mol. The first-order valence-electron chi connectivity index (χ1n) is 6.95. The molecule has 7 heteroatoms. The average molecular weight is 332 g/mol. The highest BCUT2D eigenvalue weighted by atomic mass is 32.1. The third kappa shape index (κ3) is 2.63. The summed E-state index contributed by atoms with van der Waals surface area (Å²) in [4.78, 5) is 28.9. The second-order valence-electron chi connectivity index (χ2n) is 4.87. The van der Waals surface area contributed by atoms with E-state index in [1.165, 1.54) is 35.0 Å². The van der Waals surface area contributed by atoms with Gasteiger partial charge in [0.05, 0.1) is 18.0 Å². The van der Waals surface area contributed by atoms with Crippen LogP contribution in [0.25, 0.3) is 16.7 Å². The lowest BCUT2D eigenvalue weighted by Crippen LogP contribution is -2.27. The van der Waals surface area contributed by atoms with Crippen molar-refractivity contribution < 1.29 is 13.9 Å². The summed E-state index contributed by atoms with van der Waals surface area (Å²) in [7, 11) is 0. The fraction of sp³-hybridized carbons (Fsp3) is 0.188. The number of fused-ring (bicyclic) bond motifs is 1. The normalized spacial score (nSPS) is 10.9. The van der Waals surface area contributed by atoms with E-state index in [-0.39, 0.29) is 17.9 Å². The van der Waals surface area contributed by atoms with Gasteiger partial charge in [0, 0.05) is 10.8 Å². The van der Waals surface area contributed by atoms with Gasteiger partial charge in [-0.1, -0.05) is 0 Å². The number of aryl methyl sites for hydroxylation is 1. The van der Waals surface area contributed by atoms with Gasteiger partial charge in [0.2, 0.25) is 0 Å². The van der Waals surface area contributed by atoms with Crippen molar-refractivity contribution in [2.24, 2.45) is 0 Å². The molecule has 0 aliphatic rings. The fourth-order valence-electron chi connectivity index (χ4n) is 2.28. The Balaban J connectivity index is 2.41. The second-order valence-corrected chi connectivity index (χ2v) is 5.65. The topological polar surface area (TPSA) is 61.2 Å². The van der Waals surface area contributed by atoms with Crippen LogP contribution in [-0.4, -0.2) is 22.1 Å². The first-order chi connectivity index (χ1) is 11.0. The predicted octanol–water partition coefficient (Wildman–Crippen LogP) is 3.07. The molecule has 5 nitrogen and oxygen atoms in total. The van der Waals surface area contributed by atoms with Crippen LogP contribution in [0.1, 0.15) is 23.0 Å². The van der Waals surface area contributed by atoms with Gasteiger partial charge in [-0.3, -0.25) is 9.36 Å². The molecule has 0 saturated carbocycles. The molecule has 3 heterocycles. The quantitative estimate of drug-likeness (QED) is 0.692. The van der Waals surface area contributed by atoms with E-state index in [1.807, 2.05) is 0 Å². The third-order valence-corrected chi connectivity index (χ3v) is 4.04. The highest BCUT2D eigenvalue weighted by molar-refractivity contribution is 7.08. The van der Waals surface area contributed by atoms with Crippen LogP contribution < -0.4 is 5.56 Å². The molecule has 0 unspecified atom stereocenters. The number of nitrogens with zero attached hydrogens (tertiary/aromatic N) is 2. The van der Waals surface area contributed by atoms with Crippen LogP contribution >= 0.6 is 11.3 Å². The van der Waals surface area contributed by atoms with Crippen LogP contribution in [0.2, 0.25) is 0 Å². The van der Waals surface area contributed by atoms with Gasteiger partial charge in [-0.15, -0.1) is 0 Å². The molecule has 3 rings (SSSR count). The summed E-state index contributed by atoms with van der Waals surface area (Å²) in [6.07, 6.45) is 0. The Kier molecular flexibility index (Phi) is 3.96. The largest absolute Gasteiger partial charge is 0.462 e. The minimum atomic E-state index is -0.732. The number of rotatable bonds is 3. The van der Waals surface area contributed by atoms with E-state index >= 15 is 0 Å². The molecule has 0 radical (unpaired) electrons. The summed E-state index contributed by atoms with van der Waals surface area (Å²) in [5.41, 5.74) is 0.392. The number of aromatic nitrogens is 2. The summed E-state index contributed by atoms with van der Waals surface area (Å²) in [5.74, 6) is -1.23. The van der Waals surface area contributed by atoms with Crippen LogP contribution in [0.3, 0.4) is 0 Å². The maximum Gasteiger partial charge on any atom is 0.343 e. The molecule has 0 fully saturated rings. The molecule has 0 aliphatic carbocycles. The number of pyridine rings is 2. The standard InChI is InChI=1S/C16H13FN2O3S/c1-3-22-16(21)12-6-10-7-13(17)9(2)18-14(10)19(15(12)20)11-4-5-23-8-11/h4-8H,3H2,1-2H3. The van der Waals surface area contributed by atoms with Crippen LogP contribution in [0, 0.1) is 12.7 Å². The Bertz CT molecular complexity index is 948. The maximum atomic E-state index is 13.8. The molecule has 0 aromatic carbocycles. The molecule has 118 valence electrons. The average Bonchev–Trinajstić information content (AvgIpc) is 3.02. The fourth-order valence-corrected chi connectivity index (χ4v) is 2.90. The molecule has 0 amide bonds. The Morgan fingerprint density at radius 3 is 2.87 bits per heavy atom. The van der Waals surface area contributed by atoms with Crippen molar-refractivity contribution in [3.63, 3.8) is 0 Å². The third-order valence-electron chi connectivity index (χ3n) is 3.36. The Hall–Kier alpha value is -2.54. The molecule has 0 bridgehead atoms. The van der Waals surface area contributed by atoms with Gasteiger partial charge in [0.15, 0.2) is 0 Å². The number of esters is 1. The van der Waals surface area contributed by atoms with Gasteiger partial charge in [0.1, 0.15) is 17.0 Å². The van der Waals surface area contributed by atoms with Crippen molar-refractivity contribution in [2.45, 2.75) is 13.8 Å². The Labute approximate surface area is 135 Å². The predicted molar refractivity (Wildman–Crippen MR) is 85.9 cm³/mol. The Morgan fingerprint density at radius 2 is 2.22 bits per heavy atom. The number of ether oxygens (including phenoxy) is 1. The molecule has 23 heavy (non-hydrogen) atoms. The van der Waals surface area contributed by atoms with Gasteiger partial charge in [-0.05, 0) is 37.4 Å². The molecular formula is C16H13FN2O3S. The summed E-state index contributed by atoms with van der Waals surface area (Å²) >= 11 is 1.41. The van der Waals surface area contributed by atoms with E-state index in [1.54, 1.807) is 23.8 Å². The number of hydrogen-bond donors (Lipinski definition) is 0. The highest BCUT2D eigenvalue weighted by Crippen LogP contribution is 2.20. The van der Waals surface area contributed by atoms with Gasteiger partial charge in [0.25, 0.3) is 5.56 Å². The summed E-state index contributed by atoms with van der Waals surface area (Å²) in [5, 5.41) is 3.93. The second kappa shape index (κ2) is 5.92. The molecule has 0 saturated heterocycles. The number of carbonyl (C=O) groups excluding carboxylic acids is 1. The van der Waals surface area contributed by atoms with Gasteiger partial charge in [-0.25, -0.2) is 14.2 Å². The maximum absolute atomic E-state index is 13.8. The van der Waals surface area contributed by atoms with Crippen molar-refractivity contribution in [3.8, 4) is 5.69 Å². The molecule has 0 N–H and O–H groups in total. The van der Waals surface area contributed by atoms with E-state index < -0.39 is 17.3 Å². The minimum absolute atomic E-state index is 0.143. The van der Waals surface area contributed by atoms with Gasteiger partial charge in [-0.2, -0.15) is 11.3 Å². The van der Waals surface area contributed by atoms with Crippen LogP contribution in [0.15, 0.2) is 33.8 Å². The monoisotopic (exact) mass is 332 g/mol. The number of thiophene rings is 1. The lowest BCUT2D eigenvalue weighted by atomic mass is 10.2. The molecule has 3 aromatic rings. The highest BCUT2D eigenvalue weighted by Gasteiger charge is 2.19. The number of carbonyl (C=O) groups is 1. The number of halogens is 1. The van der Waals surface area contributed by atoms with Crippen molar-refractivity contribution in [3.05, 3.63) is 56.4 Å². The van der Waals surface area contributed by atoms with E-state index in [9.17, 15) is 14.0 Å². The van der Waals surface area contributed by atoms with Crippen molar-refractivity contribution in [2.75, 3.05) is 6.61 Å². The summed E-state index contributed by atoms with van der Waals surface area (Å²) in [6.45, 7) is 3.33. The lowest BCUT2D eigenvalue weighted by molar-refractivity contribution is 0.0524. The van der Waals surface area contributed by atoms with Gasteiger partial charge < -0.3 is 4.74 Å². The van der Waals surface area contributed by atoms with Crippen LogP contribution in [0.4, 0.5) is 4.39 Å². The van der Waals surface area contributed by atoms with Gasteiger partial charge >= 0.3 is 5.97 Å². The van der Waals surface area contributed by atoms with E-state index in [0.717, 1.165) is 0 Å². The van der Waals surface area contributed by atoms with E-state index in [2.05, 4.69) is 4.98 Å². The smallest absolute Gasteiger partial charge is 0.343 e. The molecule has 3 aromatic heterocycles. The van der Waals surface area contributed by atoms with Crippen LogP contribution in [-0.2, 0) is 4.74 Å². The molecule has 0 atom stereocenters. The molecule has 0 spiro atoms. The number of hydrogen-bond acceptors (Lipinski definition) is 5. The van der Waals surface area contributed by atoms with E-state index in [0.29, 0.717) is 16.7 Å². The SMILES string of the molecule is CCOC(=O)c1cc2cc(F)c(C)nc2n(-c2ccsc2)c1=O. The van der Waals surface area contributed by atoms with E-state index in [4.69, 9.17) is 4.74 Å². The first kappa shape index (κ1) is 15.4. The molecule has 0 aliphatic heterocycles. The van der Waals surface area contributed by atoms with Crippen molar-refractivity contribution in [1.82, 2.24) is 9.55 Å². The van der Waals surface area contributed by atoms with Crippen molar-refractivity contribution in [1.29, 1.82) is 0 Å². The van der Waals surface area contributed by atoms with Crippen molar-refractivity contribution >= 4 is 28.3 Å². The van der Waals surface area contributed by atoms with Crippen LogP contribution in [0.5, 0.6) is 0 Å². The zero-order valence-corrected chi connectivity index (χ0v) is 13.3. The lowest BCUT2D eigenvalue weighted by Gasteiger charge is -2.11. The Morgan fingerprint density at radius 1 is 1.43 bits per heavy atom. The first-order valence-corrected chi connectivity index (χ1v) is 7.89. The zero-order chi connectivity index (χ0) is 16.6. The summed E-state index contributed by atoms with van der Waals surface area (Å²) < 4.78 is 20.1. The summed E-state index contributed by atoms with van der Waals surface area (Å²) in [6, 6.07) is 4.33. The zero-order valence-electron chi connectivity index (χ0n) is 12.5.